The molecule has 0 atom stereocenters. The van der Waals surface area contributed by atoms with Crippen LogP contribution in [0.25, 0.3) is 11.1 Å². The molecule has 0 spiro atoms. The zero-order chi connectivity index (χ0) is 22.6. The molecule has 2 heterocycles. The molecule has 0 unspecified atom stereocenters. The highest BCUT2D eigenvalue weighted by Gasteiger charge is 2.42. The monoisotopic (exact) mass is 438 g/mol. The van der Waals surface area contributed by atoms with Crippen LogP contribution in [0.2, 0.25) is 0 Å². The highest BCUT2D eigenvalue weighted by molar-refractivity contribution is 5.86. The maximum atomic E-state index is 12.8. The molecule has 1 aliphatic heterocycles. The second kappa shape index (κ2) is 9.49. The SMILES string of the molecule is COC(OC)(c1ccc(-c2ccccc2)cc1)c1c(N=C2COCCN2CN)o[nH]c1=O. The van der Waals surface area contributed by atoms with Crippen molar-refractivity contribution in [1.82, 2.24) is 10.1 Å². The maximum absolute atomic E-state index is 12.8. The number of H-pyrrole nitrogens is 1. The fraction of sp³-hybridized carbons (Fsp3) is 0.304. The van der Waals surface area contributed by atoms with Gasteiger partial charge in [0.2, 0.25) is 5.79 Å². The minimum absolute atomic E-state index is 0.0461. The molecular weight excluding hydrogens is 412 g/mol. The summed E-state index contributed by atoms with van der Waals surface area (Å²) in [6, 6.07) is 17.6. The van der Waals surface area contributed by atoms with E-state index in [4.69, 9.17) is 24.5 Å². The van der Waals surface area contributed by atoms with Gasteiger partial charge in [0.15, 0.2) is 0 Å². The van der Waals surface area contributed by atoms with E-state index in [1.807, 2.05) is 59.5 Å². The summed E-state index contributed by atoms with van der Waals surface area (Å²) in [5.74, 6) is -0.925. The number of aliphatic imine (C=N–C) groups is 1. The summed E-state index contributed by atoms with van der Waals surface area (Å²) in [6.45, 7) is 1.67. The van der Waals surface area contributed by atoms with Gasteiger partial charge in [-0.1, -0.05) is 54.6 Å². The molecule has 1 saturated heterocycles. The van der Waals surface area contributed by atoms with Crippen LogP contribution in [0.15, 0.2) is 68.9 Å². The van der Waals surface area contributed by atoms with Crippen molar-refractivity contribution in [2.45, 2.75) is 5.79 Å². The Kier molecular flexibility index (Phi) is 6.52. The number of hydrogen-bond donors (Lipinski definition) is 2. The van der Waals surface area contributed by atoms with Crippen LogP contribution in [-0.4, -0.2) is 56.5 Å². The van der Waals surface area contributed by atoms with Gasteiger partial charge in [0, 0.05) is 26.3 Å². The summed E-state index contributed by atoms with van der Waals surface area (Å²) in [7, 11) is 2.93. The Bertz CT molecular complexity index is 1120. The van der Waals surface area contributed by atoms with E-state index < -0.39 is 11.3 Å². The van der Waals surface area contributed by atoms with Gasteiger partial charge >= 0.3 is 0 Å². The van der Waals surface area contributed by atoms with Crippen LogP contribution in [0.1, 0.15) is 11.1 Å². The van der Waals surface area contributed by atoms with Gasteiger partial charge in [-0.3, -0.25) is 4.79 Å². The van der Waals surface area contributed by atoms with Crippen molar-refractivity contribution in [3.8, 4) is 11.1 Å². The molecule has 0 radical (unpaired) electrons. The summed E-state index contributed by atoms with van der Waals surface area (Å²) in [6.07, 6.45) is 0. The summed E-state index contributed by atoms with van der Waals surface area (Å²) in [4.78, 5) is 19.2. The molecule has 2 aromatic carbocycles. The zero-order valence-electron chi connectivity index (χ0n) is 18.0. The fourth-order valence-electron chi connectivity index (χ4n) is 3.82. The predicted octanol–water partition coefficient (Wildman–Crippen LogP) is 2.41. The third kappa shape index (κ3) is 3.98. The highest BCUT2D eigenvalue weighted by Crippen LogP contribution is 2.38. The molecule has 0 amide bonds. The van der Waals surface area contributed by atoms with Gasteiger partial charge in [0.25, 0.3) is 11.4 Å². The predicted molar refractivity (Wildman–Crippen MR) is 120 cm³/mol. The fourth-order valence-corrected chi connectivity index (χ4v) is 3.82. The number of morpholine rings is 1. The maximum Gasteiger partial charge on any atom is 0.291 e. The van der Waals surface area contributed by atoms with Gasteiger partial charge in [-0.05, 0) is 11.1 Å². The number of rotatable bonds is 7. The minimum Gasteiger partial charge on any atom is -0.372 e. The average Bonchev–Trinajstić information content (AvgIpc) is 3.22. The van der Waals surface area contributed by atoms with Gasteiger partial charge < -0.3 is 29.4 Å². The number of nitrogens with zero attached hydrogens (tertiary/aromatic N) is 2. The number of benzene rings is 2. The Balaban J connectivity index is 1.78. The van der Waals surface area contributed by atoms with Crippen molar-refractivity contribution < 1.29 is 18.7 Å². The van der Waals surface area contributed by atoms with Crippen molar-refractivity contribution in [3.05, 3.63) is 76.1 Å². The van der Waals surface area contributed by atoms with Crippen LogP contribution in [0.3, 0.4) is 0 Å². The molecule has 9 heteroatoms. The lowest BCUT2D eigenvalue weighted by Crippen LogP contribution is -2.44. The quantitative estimate of drug-likeness (QED) is 0.544. The van der Waals surface area contributed by atoms with E-state index in [0.717, 1.165) is 11.1 Å². The van der Waals surface area contributed by atoms with Crippen molar-refractivity contribution in [1.29, 1.82) is 0 Å². The molecule has 0 saturated carbocycles. The molecule has 1 aromatic heterocycles. The molecule has 168 valence electrons. The smallest absolute Gasteiger partial charge is 0.291 e. The first-order chi connectivity index (χ1) is 15.6. The molecule has 3 aromatic rings. The van der Waals surface area contributed by atoms with E-state index in [-0.39, 0.29) is 24.7 Å². The van der Waals surface area contributed by atoms with Crippen LogP contribution < -0.4 is 11.3 Å². The minimum atomic E-state index is -1.53. The summed E-state index contributed by atoms with van der Waals surface area (Å²) in [5.41, 5.74) is 8.14. The largest absolute Gasteiger partial charge is 0.372 e. The first kappa shape index (κ1) is 22.0. The number of methoxy groups -OCH3 is 2. The van der Waals surface area contributed by atoms with Gasteiger partial charge in [0.1, 0.15) is 18.0 Å². The number of nitrogens with two attached hydrogens (primary N) is 1. The first-order valence-corrected chi connectivity index (χ1v) is 10.2. The molecule has 9 nitrogen and oxygen atoms in total. The first-order valence-electron chi connectivity index (χ1n) is 10.2. The van der Waals surface area contributed by atoms with Crippen molar-refractivity contribution in [3.63, 3.8) is 0 Å². The molecule has 32 heavy (non-hydrogen) atoms. The summed E-state index contributed by atoms with van der Waals surface area (Å²) < 4.78 is 22.5. The average molecular weight is 438 g/mol. The van der Waals surface area contributed by atoms with Crippen molar-refractivity contribution in [2.75, 3.05) is 40.6 Å². The second-order valence-electron chi connectivity index (χ2n) is 7.21. The number of nitrogens with one attached hydrogen (secondary N) is 1. The third-order valence-electron chi connectivity index (χ3n) is 5.51. The highest BCUT2D eigenvalue weighted by atomic mass is 16.7. The van der Waals surface area contributed by atoms with E-state index >= 15 is 0 Å². The molecule has 3 N–H and O–H groups in total. The second-order valence-corrected chi connectivity index (χ2v) is 7.21. The molecule has 1 fully saturated rings. The number of hydrogen-bond acceptors (Lipinski definition) is 7. The Morgan fingerprint density at radius 3 is 2.44 bits per heavy atom. The van der Waals surface area contributed by atoms with Crippen LogP contribution in [-0.2, 0) is 20.0 Å². The summed E-state index contributed by atoms with van der Waals surface area (Å²) in [5, 5.41) is 2.35. The Morgan fingerprint density at radius 1 is 1.09 bits per heavy atom. The van der Waals surface area contributed by atoms with E-state index in [2.05, 4.69) is 10.1 Å². The Labute approximate surface area is 185 Å². The van der Waals surface area contributed by atoms with E-state index in [0.29, 0.717) is 24.6 Å². The van der Waals surface area contributed by atoms with Crippen molar-refractivity contribution >= 4 is 11.7 Å². The lowest BCUT2D eigenvalue weighted by atomic mass is 9.96. The third-order valence-corrected chi connectivity index (χ3v) is 5.51. The molecule has 4 rings (SSSR count). The number of aromatic nitrogens is 1. The van der Waals surface area contributed by atoms with Gasteiger partial charge in [-0.25, -0.2) is 0 Å². The van der Waals surface area contributed by atoms with Gasteiger partial charge in [-0.2, -0.15) is 10.1 Å². The number of amidine groups is 1. The van der Waals surface area contributed by atoms with Crippen LogP contribution in [0.4, 0.5) is 5.88 Å². The Hall–Kier alpha value is -3.24. The van der Waals surface area contributed by atoms with Crippen molar-refractivity contribution in [2.24, 2.45) is 10.7 Å². The standard InChI is InChI=1S/C23H26N4O5/c1-29-23(30-2,18-10-8-17(9-11-18)16-6-4-3-5-7-16)20-21(28)26-32-22(20)25-19-14-31-13-12-27(19)15-24/h3-11H,12-15,24H2,1-2H3,(H,26,28). The summed E-state index contributed by atoms with van der Waals surface area (Å²) >= 11 is 0. The zero-order valence-corrected chi connectivity index (χ0v) is 18.0. The normalized spacial score (nSPS) is 16.0. The molecule has 0 bridgehead atoms. The van der Waals surface area contributed by atoms with Gasteiger partial charge in [-0.15, -0.1) is 0 Å². The lowest BCUT2D eigenvalue weighted by molar-refractivity contribution is -0.184. The van der Waals surface area contributed by atoms with E-state index in [1.54, 1.807) is 0 Å². The van der Waals surface area contributed by atoms with Crippen LogP contribution in [0.5, 0.6) is 0 Å². The molecule has 0 aliphatic carbocycles. The van der Waals surface area contributed by atoms with E-state index in [9.17, 15) is 4.79 Å². The Morgan fingerprint density at radius 2 is 1.78 bits per heavy atom. The van der Waals surface area contributed by atoms with E-state index in [1.165, 1.54) is 14.2 Å². The van der Waals surface area contributed by atoms with Gasteiger partial charge in [0.05, 0.1) is 13.3 Å². The topological polar surface area (TPSA) is 115 Å². The molecule has 1 aliphatic rings. The molecular formula is C23H26N4O5. The number of ether oxygens (including phenoxy) is 3. The van der Waals surface area contributed by atoms with Crippen LogP contribution >= 0.6 is 0 Å². The van der Waals surface area contributed by atoms with Crippen LogP contribution in [0, 0.1) is 0 Å². The lowest BCUT2D eigenvalue weighted by Gasteiger charge is -2.31. The number of aromatic amines is 1.